The highest BCUT2D eigenvalue weighted by Crippen LogP contribution is 2.45. The maximum atomic E-state index is 12.9. The lowest BCUT2D eigenvalue weighted by Gasteiger charge is -2.26. The lowest BCUT2D eigenvalue weighted by molar-refractivity contribution is -0.135. The molecule has 2 rings (SSSR count). The molecule has 0 heterocycles. The molecule has 0 radical (unpaired) electrons. The summed E-state index contributed by atoms with van der Waals surface area (Å²) in [5.74, 6) is 0.121. The lowest BCUT2D eigenvalue weighted by Crippen LogP contribution is -2.27. The smallest absolute Gasteiger partial charge is 0.199 e. The number of hydrogen-bond acceptors (Lipinski definition) is 6. The third-order valence-corrected chi connectivity index (χ3v) is 9.16. The van der Waals surface area contributed by atoms with Crippen molar-refractivity contribution < 1.29 is 14.3 Å². The number of ether oxygens (including phenoxy) is 2. The Labute approximate surface area is 168 Å². The van der Waals surface area contributed by atoms with Crippen LogP contribution in [0.4, 0.5) is 0 Å². The number of hydrogen-bond donors (Lipinski definition) is 0. The number of Topliss-reactive ketones (excluding diaryl/α,β-unsaturated/α-hetero) is 1. The number of benzene rings is 2. The van der Waals surface area contributed by atoms with Gasteiger partial charge < -0.3 is 9.47 Å². The summed E-state index contributed by atoms with van der Waals surface area (Å²) in [7, 11) is 1.62. The molecule has 0 aliphatic heterocycles. The van der Waals surface area contributed by atoms with Crippen molar-refractivity contribution in [1.29, 1.82) is 0 Å². The molecule has 0 spiro atoms. The molecular weight excluding hydrogens is 384 g/mol. The maximum Gasteiger partial charge on any atom is 0.199 e. The van der Waals surface area contributed by atoms with E-state index in [0.29, 0.717) is 12.2 Å². The number of rotatable bonds is 10. The van der Waals surface area contributed by atoms with Crippen LogP contribution in [-0.2, 0) is 16.1 Å². The van der Waals surface area contributed by atoms with E-state index in [2.05, 4.69) is 0 Å². The Kier molecular flexibility index (Phi) is 8.57. The van der Waals surface area contributed by atoms with E-state index in [1.54, 1.807) is 42.4 Å². The lowest BCUT2D eigenvalue weighted by atomic mass is 10.1. The minimum atomic E-state index is -0.508. The summed E-state index contributed by atoms with van der Waals surface area (Å²) < 4.78 is 10.8. The van der Waals surface area contributed by atoms with Gasteiger partial charge in [0, 0.05) is 18.2 Å². The van der Waals surface area contributed by atoms with E-state index in [9.17, 15) is 4.79 Å². The first-order valence-electron chi connectivity index (χ1n) is 8.08. The average molecular weight is 409 g/mol. The number of carbonyl (C=O) groups excluding carboxylic acids is 1. The normalized spacial score (nSPS) is 12.8. The van der Waals surface area contributed by atoms with Crippen molar-refractivity contribution in [1.82, 2.24) is 0 Å². The van der Waals surface area contributed by atoms with Gasteiger partial charge >= 0.3 is 0 Å². The number of carbonyl (C=O) groups is 1. The molecule has 0 aliphatic carbocycles. The highest BCUT2D eigenvalue weighted by Gasteiger charge is 2.36. The van der Waals surface area contributed by atoms with Crippen LogP contribution in [0.3, 0.4) is 0 Å². The number of ketones is 1. The minimum absolute atomic E-state index is 0.121. The van der Waals surface area contributed by atoms with Gasteiger partial charge in [0.1, 0.15) is 0 Å². The van der Waals surface area contributed by atoms with Gasteiger partial charge in [-0.3, -0.25) is 4.79 Å². The van der Waals surface area contributed by atoms with Crippen LogP contribution in [0.25, 0.3) is 0 Å². The number of thioether (sulfide) groups is 3. The molecule has 0 saturated heterocycles. The van der Waals surface area contributed by atoms with E-state index in [1.165, 1.54) is 0 Å². The zero-order valence-electron chi connectivity index (χ0n) is 15.4. The van der Waals surface area contributed by atoms with Crippen molar-refractivity contribution in [2.45, 2.75) is 16.3 Å². The van der Waals surface area contributed by atoms with Gasteiger partial charge in [0.05, 0.1) is 6.61 Å². The summed E-state index contributed by atoms with van der Waals surface area (Å²) in [5, 5.41) is 0. The Hall–Kier alpha value is -0.920. The molecule has 140 valence electrons. The summed E-state index contributed by atoms with van der Waals surface area (Å²) in [6.45, 7) is 0.467. The molecule has 1 unspecified atom stereocenters. The molecule has 1 atom stereocenters. The summed E-state index contributed by atoms with van der Waals surface area (Å²) >= 11 is 4.70. The third-order valence-electron chi connectivity index (χ3n) is 3.99. The average Bonchev–Trinajstić information content (AvgIpc) is 2.71. The fourth-order valence-electron chi connectivity index (χ4n) is 2.54. The first-order chi connectivity index (χ1) is 12.6. The van der Waals surface area contributed by atoms with Crippen LogP contribution >= 0.6 is 35.3 Å². The fraction of sp³-hybridized carbons (Fsp3) is 0.350. The largest absolute Gasteiger partial charge is 0.352 e. The number of methoxy groups -OCH3 is 1. The van der Waals surface area contributed by atoms with Crippen molar-refractivity contribution in [3.05, 3.63) is 71.3 Å². The van der Waals surface area contributed by atoms with Crippen LogP contribution in [-0.4, -0.2) is 35.1 Å². The highest BCUT2D eigenvalue weighted by atomic mass is 32.3. The van der Waals surface area contributed by atoms with Gasteiger partial charge in [-0.05, 0) is 24.3 Å². The van der Waals surface area contributed by atoms with Crippen LogP contribution in [0.15, 0.2) is 54.6 Å². The second-order valence-corrected chi connectivity index (χ2v) is 9.32. The molecule has 0 bridgehead atoms. The van der Waals surface area contributed by atoms with Crippen molar-refractivity contribution >= 4 is 41.1 Å². The monoisotopic (exact) mass is 408 g/mol. The molecule has 0 fully saturated rings. The molecular formula is C20H24O3S3. The summed E-state index contributed by atoms with van der Waals surface area (Å²) in [4.78, 5) is 12.9. The molecule has 6 heteroatoms. The highest BCUT2D eigenvalue weighted by molar-refractivity contribution is 8.34. The summed E-state index contributed by atoms with van der Waals surface area (Å²) in [5.41, 5.74) is 2.68. The Morgan fingerprint density at radius 3 is 2.04 bits per heavy atom. The van der Waals surface area contributed by atoms with Crippen LogP contribution < -0.4 is 0 Å². The molecule has 2 aromatic carbocycles. The van der Waals surface area contributed by atoms with Gasteiger partial charge in [-0.25, -0.2) is 0 Å². The van der Waals surface area contributed by atoms with Crippen molar-refractivity contribution in [3.8, 4) is 0 Å². The molecule has 0 aromatic heterocycles. The molecule has 26 heavy (non-hydrogen) atoms. The maximum absolute atomic E-state index is 12.9. The second kappa shape index (κ2) is 10.4. The summed E-state index contributed by atoms with van der Waals surface area (Å²) in [6.07, 6.45) is 5.44. The van der Waals surface area contributed by atoms with Crippen LogP contribution in [0.2, 0.25) is 0 Å². The van der Waals surface area contributed by atoms with Crippen LogP contribution in [0, 0.1) is 0 Å². The van der Waals surface area contributed by atoms with Crippen LogP contribution in [0.1, 0.15) is 27.8 Å². The Bertz CT molecular complexity index is 677. The molecule has 0 aliphatic rings. The molecule has 0 N–H and O–H groups in total. The van der Waals surface area contributed by atoms with E-state index in [-0.39, 0.29) is 5.78 Å². The van der Waals surface area contributed by atoms with Gasteiger partial charge in [-0.15, -0.1) is 35.3 Å². The second-order valence-electron chi connectivity index (χ2n) is 5.48. The van der Waals surface area contributed by atoms with E-state index in [0.717, 1.165) is 11.1 Å². The zero-order valence-corrected chi connectivity index (χ0v) is 17.9. The van der Waals surface area contributed by atoms with Gasteiger partial charge in [-0.2, -0.15) is 0 Å². The topological polar surface area (TPSA) is 35.5 Å². The molecule has 3 nitrogen and oxygen atoms in total. The van der Waals surface area contributed by atoms with Crippen molar-refractivity contribution in [2.75, 3.05) is 25.9 Å². The molecule has 0 saturated carbocycles. The van der Waals surface area contributed by atoms with Crippen LogP contribution in [0.5, 0.6) is 0 Å². The van der Waals surface area contributed by atoms with E-state index in [1.807, 2.05) is 73.4 Å². The summed E-state index contributed by atoms with van der Waals surface area (Å²) in [6, 6.07) is 17.5. The Balaban J connectivity index is 2.10. The van der Waals surface area contributed by atoms with E-state index < -0.39 is 9.70 Å². The van der Waals surface area contributed by atoms with Crippen molar-refractivity contribution in [3.63, 3.8) is 0 Å². The third kappa shape index (κ3) is 5.08. The SMILES string of the molecule is COC(OCc1ccccc1)c1ccc(C(=O)C(SC)(SC)SC)cc1. The minimum Gasteiger partial charge on any atom is -0.352 e. The zero-order chi connectivity index (χ0) is 19.0. The van der Waals surface area contributed by atoms with E-state index >= 15 is 0 Å². The quantitative estimate of drug-likeness (QED) is 0.383. The molecule has 2 aromatic rings. The van der Waals surface area contributed by atoms with Crippen molar-refractivity contribution in [2.24, 2.45) is 0 Å². The first-order valence-corrected chi connectivity index (χ1v) is 11.8. The van der Waals surface area contributed by atoms with Gasteiger partial charge in [0.15, 0.2) is 15.5 Å². The predicted molar refractivity (Wildman–Crippen MR) is 115 cm³/mol. The molecule has 0 amide bonds. The Morgan fingerprint density at radius 1 is 0.962 bits per heavy atom. The predicted octanol–water partition coefficient (Wildman–Crippen LogP) is 5.47. The first kappa shape index (κ1) is 21.4. The van der Waals surface area contributed by atoms with Gasteiger partial charge in [-0.1, -0.05) is 54.6 Å². The van der Waals surface area contributed by atoms with Gasteiger partial charge in [0.25, 0.3) is 0 Å². The van der Waals surface area contributed by atoms with Gasteiger partial charge in [0.2, 0.25) is 0 Å². The fourth-order valence-corrected chi connectivity index (χ4v) is 5.45. The standard InChI is InChI=1S/C20H24O3S3/c1-22-19(23-14-15-8-6-5-7-9-15)17-12-10-16(11-13-17)18(21)20(24-2,25-3)26-4/h5-13,19H,14H2,1-4H3. The Morgan fingerprint density at radius 2 is 1.54 bits per heavy atom. The van der Waals surface area contributed by atoms with E-state index in [4.69, 9.17) is 9.47 Å².